The van der Waals surface area contributed by atoms with Gasteiger partial charge in [-0.3, -0.25) is 19.1 Å². The first kappa shape index (κ1) is 20.6. The lowest BCUT2D eigenvalue weighted by molar-refractivity contribution is -0.143. The van der Waals surface area contributed by atoms with Gasteiger partial charge in [-0.05, 0) is 57.9 Å². The Hall–Kier alpha value is -3.16. The van der Waals surface area contributed by atoms with E-state index in [1.807, 2.05) is 20.8 Å². The fraction of sp³-hybridized carbons (Fsp3) is 0.429. The Labute approximate surface area is 169 Å². The minimum absolute atomic E-state index is 0.127. The van der Waals surface area contributed by atoms with E-state index in [0.717, 1.165) is 0 Å². The van der Waals surface area contributed by atoms with Crippen LogP contribution in [-0.2, 0) is 10.3 Å². The first-order chi connectivity index (χ1) is 13.6. The molecule has 3 rings (SSSR count). The fourth-order valence-electron chi connectivity index (χ4n) is 3.22. The van der Waals surface area contributed by atoms with E-state index in [9.17, 15) is 14.4 Å². The third kappa shape index (κ3) is 4.82. The zero-order chi connectivity index (χ0) is 21.2. The molecule has 0 atom stereocenters. The molecule has 29 heavy (non-hydrogen) atoms. The van der Waals surface area contributed by atoms with Crippen molar-refractivity contribution in [2.75, 3.05) is 18.4 Å². The van der Waals surface area contributed by atoms with Crippen LogP contribution in [0.4, 0.5) is 5.69 Å². The highest BCUT2D eigenvalue weighted by atomic mass is 16.4. The fourth-order valence-corrected chi connectivity index (χ4v) is 3.22. The summed E-state index contributed by atoms with van der Waals surface area (Å²) in [6.07, 6.45) is 4.17. The van der Waals surface area contributed by atoms with Crippen molar-refractivity contribution in [3.63, 3.8) is 0 Å². The van der Waals surface area contributed by atoms with Gasteiger partial charge in [-0.15, -0.1) is 0 Å². The van der Waals surface area contributed by atoms with Gasteiger partial charge in [-0.2, -0.15) is 5.10 Å². The van der Waals surface area contributed by atoms with Gasteiger partial charge in [0, 0.05) is 30.5 Å². The van der Waals surface area contributed by atoms with Crippen molar-refractivity contribution in [1.82, 2.24) is 14.7 Å². The zero-order valence-electron chi connectivity index (χ0n) is 16.9. The van der Waals surface area contributed by atoms with Crippen molar-refractivity contribution in [3.8, 4) is 0 Å². The maximum atomic E-state index is 12.6. The van der Waals surface area contributed by atoms with Gasteiger partial charge in [0.1, 0.15) is 0 Å². The lowest BCUT2D eigenvalue weighted by Crippen LogP contribution is -2.40. The molecule has 154 valence electrons. The Morgan fingerprint density at radius 2 is 1.69 bits per heavy atom. The second-order valence-electron chi connectivity index (χ2n) is 8.28. The van der Waals surface area contributed by atoms with E-state index in [1.165, 1.54) is 6.20 Å². The van der Waals surface area contributed by atoms with Crippen LogP contribution in [0.15, 0.2) is 36.7 Å². The molecule has 0 saturated carbocycles. The smallest absolute Gasteiger partial charge is 0.306 e. The molecule has 1 aliphatic heterocycles. The summed E-state index contributed by atoms with van der Waals surface area (Å²) < 4.78 is 1.73. The van der Waals surface area contributed by atoms with Crippen LogP contribution in [0.1, 0.15) is 54.3 Å². The monoisotopic (exact) mass is 398 g/mol. The molecule has 1 saturated heterocycles. The largest absolute Gasteiger partial charge is 0.481 e. The summed E-state index contributed by atoms with van der Waals surface area (Å²) in [7, 11) is 0. The first-order valence-electron chi connectivity index (χ1n) is 9.64. The van der Waals surface area contributed by atoms with Crippen molar-refractivity contribution in [1.29, 1.82) is 0 Å². The number of anilines is 1. The predicted molar refractivity (Wildman–Crippen MR) is 108 cm³/mol. The van der Waals surface area contributed by atoms with E-state index in [-0.39, 0.29) is 23.3 Å². The topological polar surface area (TPSA) is 105 Å². The highest BCUT2D eigenvalue weighted by molar-refractivity contribution is 6.04. The van der Waals surface area contributed by atoms with Crippen LogP contribution >= 0.6 is 0 Å². The van der Waals surface area contributed by atoms with Crippen LogP contribution in [0.25, 0.3) is 0 Å². The molecule has 1 aromatic heterocycles. The maximum Gasteiger partial charge on any atom is 0.306 e. The van der Waals surface area contributed by atoms with Crippen LogP contribution < -0.4 is 5.32 Å². The van der Waals surface area contributed by atoms with E-state index >= 15 is 0 Å². The summed E-state index contributed by atoms with van der Waals surface area (Å²) >= 11 is 0. The maximum absolute atomic E-state index is 12.6. The second kappa shape index (κ2) is 8.06. The number of carboxylic acid groups (broad SMARTS) is 1. The van der Waals surface area contributed by atoms with Gasteiger partial charge in [0.15, 0.2) is 0 Å². The molecular formula is C21H26N4O4. The minimum Gasteiger partial charge on any atom is -0.481 e. The number of hydrogen-bond acceptors (Lipinski definition) is 4. The molecule has 0 aliphatic carbocycles. The van der Waals surface area contributed by atoms with Gasteiger partial charge in [-0.25, -0.2) is 0 Å². The quantitative estimate of drug-likeness (QED) is 0.824. The third-order valence-corrected chi connectivity index (χ3v) is 5.05. The molecule has 2 heterocycles. The average molecular weight is 398 g/mol. The molecule has 8 nitrogen and oxygen atoms in total. The molecule has 2 N–H and O–H groups in total. The number of benzene rings is 1. The number of carboxylic acids is 1. The summed E-state index contributed by atoms with van der Waals surface area (Å²) in [5.41, 5.74) is 1.35. The number of piperidine rings is 1. The normalized spacial score (nSPS) is 15.2. The van der Waals surface area contributed by atoms with Gasteiger partial charge in [0.25, 0.3) is 11.8 Å². The molecule has 0 bridgehead atoms. The third-order valence-electron chi connectivity index (χ3n) is 5.05. The summed E-state index contributed by atoms with van der Waals surface area (Å²) in [5, 5.41) is 16.1. The Bertz CT molecular complexity index is 904. The summed E-state index contributed by atoms with van der Waals surface area (Å²) in [6, 6.07) is 6.70. The van der Waals surface area contributed by atoms with E-state index < -0.39 is 5.97 Å². The molecule has 0 unspecified atom stereocenters. The number of hydrogen-bond donors (Lipinski definition) is 2. The van der Waals surface area contributed by atoms with E-state index in [4.69, 9.17) is 5.11 Å². The van der Waals surface area contributed by atoms with Crippen LogP contribution in [0, 0.1) is 5.92 Å². The Morgan fingerprint density at radius 1 is 1.07 bits per heavy atom. The van der Waals surface area contributed by atoms with Crippen LogP contribution in [-0.4, -0.2) is 50.7 Å². The number of amides is 2. The Kier molecular flexibility index (Phi) is 5.72. The Balaban J connectivity index is 1.60. The minimum atomic E-state index is -0.801. The summed E-state index contributed by atoms with van der Waals surface area (Å²) in [6.45, 7) is 6.88. The Morgan fingerprint density at radius 3 is 2.21 bits per heavy atom. The number of carbonyl (C=O) groups excluding carboxylic acids is 2. The van der Waals surface area contributed by atoms with Gasteiger partial charge in [-0.1, -0.05) is 0 Å². The van der Waals surface area contributed by atoms with Crippen molar-refractivity contribution in [3.05, 3.63) is 47.8 Å². The number of likely N-dealkylation sites (tertiary alicyclic amines) is 1. The molecule has 2 amide bonds. The van der Waals surface area contributed by atoms with Crippen molar-refractivity contribution in [2.45, 2.75) is 39.2 Å². The molecule has 0 radical (unpaired) electrons. The van der Waals surface area contributed by atoms with Crippen molar-refractivity contribution in [2.24, 2.45) is 5.92 Å². The van der Waals surface area contributed by atoms with Gasteiger partial charge in [0.2, 0.25) is 0 Å². The van der Waals surface area contributed by atoms with Gasteiger partial charge < -0.3 is 15.3 Å². The standard InChI is InChI=1S/C21H26N4O4/c1-21(2,3)25-13-16(12-22-25)18(26)23-17-6-4-14(5-7-17)19(27)24-10-8-15(9-11-24)20(28)29/h4-7,12-13,15H,8-11H2,1-3H3,(H,23,26)(H,28,29). The first-order valence-corrected chi connectivity index (χ1v) is 9.64. The van der Waals surface area contributed by atoms with Crippen molar-refractivity contribution >= 4 is 23.5 Å². The molecule has 1 fully saturated rings. The molecule has 0 spiro atoms. The molecule has 8 heteroatoms. The zero-order valence-corrected chi connectivity index (χ0v) is 16.9. The van der Waals surface area contributed by atoms with E-state index in [2.05, 4.69) is 10.4 Å². The number of nitrogens with one attached hydrogen (secondary N) is 1. The van der Waals surface area contributed by atoms with Crippen molar-refractivity contribution < 1.29 is 19.5 Å². The lowest BCUT2D eigenvalue weighted by atomic mass is 9.96. The summed E-state index contributed by atoms with van der Waals surface area (Å²) in [4.78, 5) is 37.7. The second-order valence-corrected chi connectivity index (χ2v) is 8.28. The van der Waals surface area contributed by atoms with Crippen LogP contribution in [0.5, 0.6) is 0 Å². The van der Waals surface area contributed by atoms with Gasteiger partial charge >= 0.3 is 5.97 Å². The summed E-state index contributed by atoms with van der Waals surface area (Å²) in [5.74, 6) is -1.57. The van der Waals surface area contributed by atoms with E-state index in [1.54, 1.807) is 40.0 Å². The lowest BCUT2D eigenvalue weighted by Gasteiger charge is -2.30. The SMILES string of the molecule is CC(C)(C)n1cc(C(=O)Nc2ccc(C(=O)N3CCC(C(=O)O)CC3)cc2)cn1. The van der Waals surface area contributed by atoms with E-state index in [0.29, 0.717) is 42.7 Å². The molecule has 1 aromatic carbocycles. The number of rotatable bonds is 4. The molecule has 1 aliphatic rings. The number of nitrogens with zero attached hydrogens (tertiary/aromatic N) is 3. The van der Waals surface area contributed by atoms with Gasteiger partial charge in [0.05, 0.1) is 23.2 Å². The van der Waals surface area contributed by atoms with Crippen LogP contribution in [0.2, 0.25) is 0 Å². The number of aromatic nitrogens is 2. The number of carbonyl (C=O) groups is 3. The highest BCUT2D eigenvalue weighted by Crippen LogP contribution is 2.20. The highest BCUT2D eigenvalue weighted by Gasteiger charge is 2.27. The van der Waals surface area contributed by atoms with Crippen LogP contribution in [0.3, 0.4) is 0 Å². The molecule has 2 aromatic rings. The number of aliphatic carboxylic acids is 1. The molecular weight excluding hydrogens is 372 g/mol. The predicted octanol–water partition coefficient (Wildman–Crippen LogP) is 2.83. The average Bonchev–Trinajstić information content (AvgIpc) is 3.19.